The summed E-state index contributed by atoms with van der Waals surface area (Å²) < 4.78 is 13.4. The third kappa shape index (κ3) is 3.11. The van der Waals surface area contributed by atoms with E-state index in [0.717, 1.165) is 50.6 Å². The van der Waals surface area contributed by atoms with E-state index in [9.17, 15) is 0 Å². The largest absolute Gasteiger partial charge is 0.497 e. The Morgan fingerprint density at radius 1 is 0.647 bits per heavy atom. The first-order valence-electron chi connectivity index (χ1n) is 11.3. The van der Waals surface area contributed by atoms with Crippen molar-refractivity contribution in [3.63, 3.8) is 0 Å². The lowest BCUT2D eigenvalue weighted by atomic mass is 10.0. The van der Waals surface area contributed by atoms with Gasteiger partial charge in [0.2, 0.25) is 0 Å². The second-order valence-electron chi connectivity index (χ2n) is 8.50. The van der Waals surface area contributed by atoms with Gasteiger partial charge in [0.05, 0.1) is 31.1 Å². The number of ether oxygens (including phenoxy) is 2. The van der Waals surface area contributed by atoms with Crippen LogP contribution in [0.2, 0.25) is 0 Å². The van der Waals surface area contributed by atoms with E-state index in [1.54, 1.807) is 14.2 Å². The summed E-state index contributed by atoms with van der Waals surface area (Å²) in [5.74, 6) is 1.61. The second-order valence-corrected chi connectivity index (χ2v) is 8.50. The van der Waals surface area contributed by atoms with E-state index < -0.39 is 0 Å². The van der Waals surface area contributed by atoms with Gasteiger partial charge in [0.25, 0.3) is 0 Å². The Bertz CT molecular complexity index is 1700. The van der Waals surface area contributed by atoms with Crippen LogP contribution in [0.15, 0.2) is 91.0 Å². The van der Waals surface area contributed by atoms with Crippen molar-refractivity contribution in [2.45, 2.75) is 6.92 Å². The summed E-state index contributed by atoms with van der Waals surface area (Å²) in [7, 11) is 3.39. The Labute approximate surface area is 198 Å². The molecule has 0 saturated heterocycles. The Kier molecular flexibility index (Phi) is 4.73. The maximum Gasteiger partial charge on any atom is 0.146 e. The lowest BCUT2D eigenvalue weighted by molar-refractivity contribution is 0.415. The van der Waals surface area contributed by atoms with Gasteiger partial charge in [-0.05, 0) is 48.7 Å². The molecule has 4 heteroatoms. The summed E-state index contributed by atoms with van der Waals surface area (Å²) in [5, 5.41) is 3.54. The number of hydrogen-bond acceptors (Lipinski definition) is 3. The van der Waals surface area contributed by atoms with Gasteiger partial charge >= 0.3 is 0 Å². The van der Waals surface area contributed by atoms with Crippen molar-refractivity contribution >= 4 is 27.3 Å². The molecular formula is C30H24N2O2. The molecule has 2 heterocycles. The maximum absolute atomic E-state index is 5.57. The van der Waals surface area contributed by atoms with Gasteiger partial charge in [0, 0.05) is 21.9 Å². The third-order valence-corrected chi connectivity index (χ3v) is 6.41. The smallest absolute Gasteiger partial charge is 0.146 e. The Morgan fingerprint density at radius 3 is 2.06 bits per heavy atom. The summed E-state index contributed by atoms with van der Waals surface area (Å²) in [6.45, 7) is 2.14. The van der Waals surface area contributed by atoms with Crippen LogP contribution in [-0.4, -0.2) is 23.6 Å². The van der Waals surface area contributed by atoms with E-state index in [1.165, 1.54) is 16.3 Å². The van der Waals surface area contributed by atoms with Gasteiger partial charge in [-0.2, -0.15) is 0 Å². The van der Waals surface area contributed by atoms with Gasteiger partial charge in [-0.15, -0.1) is 0 Å². The molecule has 166 valence electrons. The van der Waals surface area contributed by atoms with Gasteiger partial charge in [-0.1, -0.05) is 60.2 Å². The van der Waals surface area contributed by atoms with Crippen LogP contribution >= 0.6 is 0 Å². The Balaban J connectivity index is 1.84. The van der Waals surface area contributed by atoms with Crippen LogP contribution in [-0.2, 0) is 0 Å². The summed E-state index contributed by atoms with van der Waals surface area (Å²) in [6.07, 6.45) is 0. The van der Waals surface area contributed by atoms with Gasteiger partial charge in [0.1, 0.15) is 17.1 Å². The van der Waals surface area contributed by atoms with Crippen LogP contribution in [0.4, 0.5) is 0 Å². The normalized spacial score (nSPS) is 11.4. The maximum atomic E-state index is 5.57. The number of pyridine rings is 1. The number of hydrogen-bond donors (Lipinski definition) is 0. The molecule has 2 aromatic heterocycles. The number of aryl methyl sites for hydroxylation is 1. The van der Waals surface area contributed by atoms with E-state index in [-0.39, 0.29) is 0 Å². The highest BCUT2D eigenvalue weighted by molar-refractivity contribution is 6.13. The van der Waals surface area contributed by atoms with E-state index >= 15 is 0 Å². The predicted molar refractivity (Wildman–Crippen MR) is 139 cm³/mol. The average molecular weight is 445 g/mol. The van der Waals surface area contributed by atoms with Crippen molar-refractivity contribution in [2.24, 2.45) is 0 Å². The number of benzene rings is 4. The molecule has 0 fully saturated rings. The number of imidazole rings is 1. The Hall–Kier alpha value is -4.31. The number of fused-ring (bicyclic) bond motifs is 6. The lowest BCUT2D eigenvalue weighted by Gasteiger charge is -2.13. The summed E-state index contributed by atoms with van der Waals surface area (Å²) in [4.78, 5) is 5.26. The molecule has 6 aromatic rings. The van der Waals surface area contributed by atoms with Crippen LogP contribution in [0.5, 0.6) is 11.5 Å². The zero-order valence-corrected chi connectivity index (χ0v) is 19.4. The first-order chi connectivity index (χ1) is 16.7. The topological polar surface area (TPSA) is 35.8 Å². The van der Waals surface area contributed by atoms with Crippen LogP contribution in [0.3, 0.4) is 0 Å². The molecule has 0 spiro atoms. The van der Waals surface area contributed by atoms with Crippen molar-refractivity contribution in [1.82, 2.24) is 9.38 Å². The van der Waals surface area contributed by atoms with Crippen LogP contribution in [0, 0.1) is 6.92 Å². The molecule has 0 saturated carbocycles. The van der Waals surface area contributed by atoms with Gasteiger partial charge in [-0.25, -0.2) is 4.98 Å². The summed E-state index contributed by atoms with van der Waals surface area (Å²) in [6, 6.07) is 31.4. The first kappa shape index (κ1) is 20.3. The number of methoxy groups -OCH3 is 2. The fourth-order valence-corrected chi connectivity index (χ4v) is 4.82. The number of aromatic nitrogens is 2. The van der Waals surface area contributed by atoms with Gasteiger partial charge in [-0.3, -0.25) is 4.40 Å². The second kappa shape index (κ2) is 7.92. The molecule has 0 unspecified atom stereocenters. The number of rotatable bonds is 4. The molecule has 6 rings (SSSR count). The van der Waals surface area contributed by atoms with Crippen LogP contribution in [0.25, 0.3) is 49.8 Å². The lowest BCUT2D eigenvalue weighted by Crippen LogP contribution is -1.95. The van der Waals surface area contributed by atoms with Crippen LogP contribution < -0.4 is 9.47 Å². The molecule has 34 heavy (non-hydrogen) atoms. The fourth-order valence-electron chi connectivity index (χ4n) is 4.82. The molecule has 0 radical (unpaired) electrons. The van der Waals surface area contributed by atoms with Crippen molar-refractivity contribution in [3.8, 4) is 34.0 Å². The highest BCUT2D eigenvalue weighted by Gasteiger charge is 2.21. The minimum absolute atomic E-state index is 0.802. The standard InChI is InChI=1S/C30H24N2O2/c1-19-14-15-27-26(16-19)24-12-4-5-13-25(24)30-31-28(20-8-6-10-22(17-20)33-2)29(32(27)30)21-9-7-11-23(18-21)34-3/h4-18H,1-3H3. The molecule has 4 nitrogen and oxygen atoms in total. The van der Waals surface area contributed by atoms with Gasteiger partial charge in [0.15, 0.2) is 0 Å². The monoisotopic (exact) mass is 444 g/mol. The van der Waals surface area contributed by atoms with E-state index in [2.05, 4.69) is 72.0 Å². The summed E-state index contributed by atoms with van der Waals surface area (Å²) >= 11 is 0. The zero-order valence-electron chi connectivity index (χ0n) is 19.4. The molecule has 0 atom stereocenters. The van der Waals surface area contributed by atoms with Crippen molar-refractivity contribution < 1.29 is 9.47 Å². The van der Waals surface area contributed by atoms with E-state index in [4.69, 9.17) is 14.5 Å². The van der Waals surface area contributed by atoms with E-state index in [0.29, 0.717) is 0 Å². The molecule has 0 N–H and O–H groups in total. The molecular weight excluding hydrogens is 420 g/mol. The van der Waals surface area contributed by atoms with Crippen LogP contribution in [0.1, 0.15) is 5.56 Å². The van der Waals surface area contributed by atoms with E-state index in [1.807, 2.05) is 30.3 Å². The van der Waals surface area contributed by atoms with Crippen molar-refractivity contribution in [1.29, 1.82) is 0 Å². The van der Waals surface area contributed by atoms with Crippen molar-refractivity contribution in [2.75, 3.05) is 14.2 Å². The first-order valence-corrected chi connectivity index (χ1v) is 11.3. The highest BCUT2D eigenvalue weighted by Crippen LogP contribution is 2.40. The molecule has 0 bridgehead atoms. The highest BCUT2D eigenvalue weighted by atomic mass is 16.5. The molecule has 0 aliphatic rings. The third-order valence-electron chi connectivity index (χ3n) is 6.41. The van der Waals surface area contributed by atoms with Crippen molar-refractivity contribution in [3.05, 3.63) is 96.6 Å². The molecule has 0 aliphatic heterocycles. The predicted octanol–water partition coefficient (Wildman–Crippen LogP) is 7.30. The number of nitrogens with zero attached hydrogens (tertiary/aromatic N) is 2. The SMILES string of the molecule is COc1cccc(-c2nc3c4ccccc4c4cc(C)ccc4n3c2-c2cccc(OC)c2)c1. The fraction of sp³-hybridized carbons (Fsp3) is 0.100. The molecule has 0 amide bonds. The van der Waals surface area contributed by atoms with Gasteiger partial charge < -0.3 is 9.47 Å². The zero-order chi connectivity index (χ0) is 23.2. The minimum atomic E-state index is 0.802. The quantitative estimate of drug-likeness (QED) is 0.268. The molecule has 0 aliphatic carbocycles. The average Bonchev–Trinajstić information content (AvgIpc) is 3.30. The summed E-state index contributed by atoms with van der Waals surface area (Å²) in [5.41, 5.74) is 7.27. The minimum Gasteiger partial charge on any atom is -0.497 e. The molecule has 4 aromatic carbocycles. The Morgan fingerprint density at radius 2 is 1.32 bits per heavy atom.